The van der Waals surface area contributed by atoms with Crippen LogP contribution in [0.25, 0.3) is 0 Å². The molecule has 4 heteroatoms. The molecule has 0 saturated carbocycles. The zero-order valence-corrected chi connectivity index (χ0v) is 13.6. The Morgan fingerprint density at radius 2 is 1.95 bits per heavy atom. The highest BCUT2D eigenvalue weighted by Crippen LogP contribution is 2.24. The first-order valence-electron chi connectivity index (χ1n) is 6.69. The van der Waals surface area contributed by atoms with Crippen LogP contribution in [0, 0.1) is 5.92 Å². The number of hydrogen-bond donors (Lipinski definition) is 1. The van der Waals surface area contributed by atoms with Gasteiger partial charge < -0.3 is 10.1 Å². The Morgan fingerprint density at radius 1 is 1.26 bits per heavy atom. The van der Waals surface area contributed by atoms with Gasteiger partial charge in [-0.2, -0.15) is 0 Å². The Labute approximate surface area is 126 Å². The second-order valence-corrected chi connectivity index (χ2v) is 5.89. The average Bonchev–Trinajstić information content (AvgIpc) is 2.34. The standard InChI is InChI=1S/C15H23Cl2NO/c1-5-18-14(15(19-4)10(2)3)9-11-8-12(16)6-7-13(11)17/h6-8,10,14-15,18H,5,9H2,1-4H3. The summed E-state index contributed by atoms with van der Waals surface area (Å²) in [6.45, 7) is 7.32. The summed E-state index contributed by atoms with van der Waals surface area (Å²) in [7, 11) is 1.76. The molecule has 0 aromatic heterocycles. The zero-order valence-electron chi connectivity index (χ0n) is 12.0. The van der Waals surface area contributed by atoms with Crippen LogP contribution in [0.4, 0.5) is 0 Å². The summed E-state index contributed by atoms with van der Waals surface area (Å²) in [6.07, 6.45) is 0.958. The van der Waals surface area contributed by atoms with Crippen LogP contribution >= 0.6 is 23.2 Å². The first-order valence-corrected chi connectivity index (χ1v) is 7.45. The van der Waals surface area contributed by atoms with E-state index in [4.69, 9.17) is 27.9 Å². The van der Waals surface area contributed by atoms with Gasteiger partial charge in [-0.15, -0.1) is 0 Å². The molecule has 19 heavy (non-hydrogen) atoms. The lowest BCUT2D eigenvalue weighted by Crippen LogP contribution is -2.45. The Bertz CT molecular complexity index is 396. The van der Waals surface area contributed by atoms with Crippen LogP contribution in [-0.2, 0) is 11.2 Å². The number of halogens is 2. The summed E-state index contributed by atoms with van der Waals surface area (Å²) in [5.74, 6) is 0.437. The van der Waals surface area contributed by atoms with Crippen molar-refractivity contribution in [3.8, 4) is 0 Å². The number of hydrogen-bond acceptors (Lipinski definition) is 2. The molecular formula is C15H23Cl2NO. The van der Waals surface area contributed by atoms with Gasteiger partial charge in [0.2, 0.25) is 0 Å². The topological polar surface area (TPSA) is 21.3 Å². The van der Waals surface area contributed by atoms with Gasteiger partial charge in [0, 0.05) is 23.2 Å². The molecule has 108 valence electrons. The van der Waals surface area contributed by atoms with Crippen molar-refractivity contribution in [2.75, 3.05) is 13.7 Å². The Balaban J connectivity index is 2.91. The number of methoxy groups -OCH3 is 1. The number of likely N-dealkylation sites (N-methyl/N-ethyl adjacent to an activating group) is 1. The quantitative estimate of drug-likeness (QED) is 0.815. The molecular weight excluding hydrogens is 281 g/mol. The van der Waals surface area contributed by atoms with E-state index in [1.165, 1.54) is 0 Å². The van der Waals surface area contributed by atoms with Gasteiger partial charge in [0.1, 0.15) is 0 Å². The van der Waals surface area contributed by atoms with Crippen molar-refractivity contribution in [3.63, 3.8) is 0 Å². The number of ether oxygens (including phenoxy) is 1. The van der Waals surface area contributed by atoms with Crippen LogP contribution in [-0.4, -0.2) is 25.8 Å². The van der Waals surface area contributed by atoms with E-state index in [-0.39, 0.29) is 12.1 Å². The minimum absolute atomic E-state index is 0.148. The summed E-state index contributed by atoms with van der Waals surface area (Å²) in [5.41, 5.74) is 1.06. The lowest BCUT2D eigenvalue weighted by atomic mass is 9.93. The van der Waals surface area contributed by atoms with Gasteiger partial charge in [0.15, 0.2) is 0 Å². The Hall–Kier alpha value is -0.280. The highest BCUT2D eigenvalue weighted by Gasteiger charge is 2.24. The fourth-order valence-corrected chi connectivity index (χ4v) is 2.79. The monoisotopic (exact) mass is 303 g/mol. The molecule has 0 radical (unpaired) electrons. The van der Waals surface area contributed by atoms with Gasteiger partial charge in [-0.3, -0.25) is 0 Å². The van der Waals surface area contributed by atoms with Crippen LogP contribution in [0.15, 0.2) is 18.2 Å². The van der Waals surface area contributed by atoms with Crippen LogP contribution in [0.1, 0.15) is 26.3 Å². The highest BCUT2D eigenvalue weighted by atomic mass is 35.5. The predicted molar refractivity (Wildman–Crippen MR) is 83.3 cm³/mol. The molecule has 0 fully saturated rings. The molecule has 2 unspecified atom stereocenters. The third-order valence-electron chi connectivity index (χ3n) is 3.24. The molecule has 1 N–H and O–H groups in total. The molecule has 2 atom stereocenters. The van der Waals surface area contributed by atoms with E-state index in [1.807, 2.05) is 18.2 Å². The van der Waals surface area contributed by atoms with E-state index < -0.39 is 0 Å². The van der Waals surface area contributed by atoms with Crippen LogP contribution in [0.2, 0.25) is 10.0 Å². The summed E-state index contributed by atoms with van der Waals surface area (Å²) >= 11 is 12.3. The number of rotatable bonds is 7. The normalized spacial score (nSPS) is 14.7. The summed E-state index contributed by atoms with van der Waals surface area (Å²) in [6, 6.07) is 5.82. The minimum Gasteiger partial charge on any atom is -0.380 e. The minimum atomic E-state index is 0.148. The fourth-order valence-electron chi connectivity index (χ4n) is 2.40. The van der Waals surface area contributed by atoms with Gasteiger partial charge in [-0.05, 0) is 42.6 Å². The van der Waals surface area contributed by atoms with E-state index in [0.717, 1.165) is 23.6 Å². The lowest BCUT2D eigenvalue weighted by molar-refractivity contribution is 0.0337. The van der Waals surface area contributed by atoms with Crippen molar-refractivity contribution in [1.82, 2.24) is 5.32 Å². The predicted octanol–water partition coefficient (Wildman–Crippen LogP) is 4.19. The summed E-state index contributed by atoms with van der Waals surface area (Å²) in [4.78, 5) is 0. The van der Waals surface area contributed by atoms with Crippen LogP contribution in [0.3, 0.4) is 0 Å². The molecule has 0 saturated heterocycles. The first kappa shape index (κ1) is 16.8. The van der Waals surface area contributed by atoms with Crippen molar-refractivity contribution in [2.45, 2.75) is 39.3 Å². The molecule has 0 spiro atoms. The van der Waals surface area contributed by atoms with E-state index >= 15 is 0 Å². The molecule has 1 rings (SSSR count). The van der Waals surface area contributed by atoms with E-state index in [9.17, 15) is 0 Å². The molecule has 0 bridgehead atoms. The van der Waals surface area contributed by atoms with Crippen LogP contribution < -0.4 is 5.32 Å². The maximum absolute atomic E-state index is 6.24. The van der Waals surface area contributed by atoms with Gasteiger partial charge in [0.05, 0.1) is 6.10 Å². The molecule has 0 aliphatic carbocycles. The maximum atomic E-state index is 6.24. The zero-order chi connectivity index (χ0) is 14.4. The second-order valence-electron chi connectivity index (χ2n) is 5.05. The smallest absolute Gasteiger partial charge is 0.0750 e. The SMILES string of the molecule is CCNC(Cc1cc(Cl)ccc1Cl)C(OC)C(C)C. The molecule has 2 nitrogen and oxygen atoms in total. The molecule has 0 aliphatic heterocycles. The van der Waals surface area contributed by atoms with Gasteiger partial charge in [0.25, 0.3) is 0 Å². The molecule has 1 aromatic carbocycles. The van der Waals surface area contributed by atoms with Gasteiger partial charge in [-0.25, -0.2) is 0 Å². The van der Waals surface area contributed by atoms with Crippen molar-refractivity contribution < 1.29 is 4.74 Å². The largest absolute Gasteiger partial charge is 0.380 e. The van der Waals surface area contributed by atoms with E-state index in [0.29, 0.717) is 10.9 Å². The summed E-state index contributed by atoms with van der Waals surface area (Å²) in [5, 5.41) is 4.95. The summed E-state index contributed by atoms with van der Waals surface area (Å²) < 4.78 is 5.63. The molecule has 0 heterocycles. The average molecular weight is 304 g/mol. The Morgan fingerprint density at radius 3 is 2.47 bits per heavy atom. The van der Waals surface area contributed by atoms with Crippen molar-refractivity contribution in [1.29, 1.82) is 0 Å². The lowest BCUT2D eigenvalue weighted by Gasteiger charge is -2.30. The molecule has 0 amide bonds. The molecule has 1 aromatic rings. The van der Waals surface area contributed by atoms with Crippen molar-refractivity contribution in [2.24, 2.45) is 5.92 Å². The third-order valence-corrected chi connectivity index (χ3v) is 3.84. The first-order chi connectivity index (χ1) is 8.99. The number of benzene rings is 1. The fraction of sp³-hybridized carbons (Fsp3) is 0.600. The maximum Gasteiger partial charge on any atom is 0.0750 e. The van der Waals surface area contributed by atoms with Gasteiger partial charge in [-0.1, -0.05) is 44.0 Å². The van der Waals surface area contributed by atoms with E-state index in [1.54, 1.807) is 7.11 Å². The van der Waals surface area contributed by atoms with Crippen molar-refractivity contribution in [3.05, 3.63) is 33.8 Å². The second kappa shape index (κ2) is 8.11. The highest BCUT2D eigenvalue weighted by molar-refractivity contribution is 6.33. The number of nitrogens with one attached hydrogen (secondary N) is 1. The van der Waals surface area contributed by atoms with Gasteiger partial charge >= 0.3 is 0 Å². The Kier molecular flexibility index (Phi) is 7.16. The molecule has 0 aliphatic rings. The van der Waals surface area contributed by atoms with Crippen molar-refractivity contribution >= 4 is 23.2 Å². The van der Waals surface area contributed by atoms with Crippen LogP contribution in [0.5, 0.6) is 0 Å². The van der Waals surface area contributed by atoms with E-state index in [2.05, 4.69) is 26.1 Å². The third kappa shape index (κ3) is 4.96.